The van der Waals surface area contributed by atoms with E-state index in [9.17, 15) is 0 Å². The number of piperidine rings is 1. The van der Waals surface area contributed by atoms with Crippen molar-refractivity contribution in [2.24, 2.45) is 5.73 Å². The molecule has 3 unspecified atom stereocenters. The zero-order valence-electron chi connectivity index (χ0n) is 12.3. The number of ether oxygens (including phenoxy) is 1. The minimum atomic E-state index is 0.181. The number of hydrogen-bond donors (Lipinski definition) is 1. The molecule has 0 spiro atoms. The summed E-state index contributed by atoms with van der Waals surface area (Å²) in [6.45, 7) is 7.17. The molecular formula is C15H25BrN2OS. The average Bonchev–Trinajstić information content (AvgIpc) is 2.86. The highest BCUT2D eigenvalue weighted by Crippen LogP contribution is 2.35. The quantitative estimate of drug-likeness (QED) is 0.838. The Balaban J connectivity index is 2.14. The van der Waals surface area contributed by atoms with E-state index in [0.29, 0.717) is 12.1 Å². The van der Waals surface area contributed by atoms with Gasteiger partial charge in [0.05, 0.1) is 15.9 Å². The van der Waals surface area contributed by atoms with Gasteiger partial charge in [-0.3, -0.25) is 4.90 Å². The fourth-order valence-corrected chi connectivity index (χ4v) is 4.60. The van der Waals surface area contributed by atoms with Crippen LogP contribution in [0.2, 0.25) is 0 Å². The van der Waals surface area contributed by atoms with Crippen molar-refractivity contribution in [3.05, 3.63) is 20.8 Å². The molecule has 1 saturated heterocycles. The maximum atomic E-state index is 6.42. The topological polar surface area (TPSA) is 38.5 Å². The van der Waals surface area contributed by atoms with Gasteiger partial charge in [0.1, 0.15) is 0 Å². The molecule has 1 aromatic rings. The summed E-state index contributed by atoms with van der Waals surface area (Å²) in [5.74, 6) is 0. The fourth-order valence-electron chi connectivity index (χ4n) is 2.96. The Hall–Kier alpha value is 0.0600. The van der Waals surface area contributed by atoms with Crippen molar-refractivity contribution in [3.63, 3.8) is 0 Å². The Bertz CT molecular complexity index is 410. The lowest BCUT2D eigenvalue weighted by Crippen LogP contribution is -2.47. The third-order valence-corrected chi connectivity index (χ3v) is 5.66. The highest BCUT2D eigenvalue weighted by molar-refractivity contribution is 9.11. The van der Waals surface area contributed by atoms with Crippen LogP contribution in [-0.2, 0) is 4.74 Å². The molecule has 20 heavy (non-hydrogen) atoms. The minimum absolute atomic E-state index is 0.181. The van der Waals surface area contributed by atoms with E-state index >= 15 is 0 Å². The third-order valence-electron chi connectivity index (χ3n) is 3.97. The summed E-state index contributed by atoms with van der Waals surface area (Å²) in [5.41, 5.74) is 6.42. The first kappa shape index (κ1) is 16.4. The van der Waals surface area contributed by atoms with Crippen LogP contribution in [0.5, 0.6) is 0 Å². The van der Waals surface area contributed by atoms with Crippen LogP contribution in [0.25, 0.3) is 0 Å². The predicted octanol–water partition coefficient (Wildman–Crippen LogP) is 3.79. The van der Waals surface area contributed by atoms with Gasteiger partial charge < -0.3 is 10.5 Å². The number of likely N-dealkylation sites (tertiary alicyclic amines) is 1. The van der Waals surface area contributed by atoms with E-state index in [1.807, 2.05) is 0 Å². The van der Waals surface area contributed by atoms with Gasteiger partial charge in [0.2, 0.25) is 0 Å². The van der Waals surface area contributed by atoms with E-state index in [4.69, 9.17) is 10.5 Å². The van der Waals surface area contributed by atoms with E-state index < -0.39 is 0 Å². The molecule has 0 saturated carbocycles. The van der Waals surface area contributed by atoms with E-state index in [0.717, 1.165) is 26.1 Å². The molecule has 0 radical (unpaired) electrons. The molecule has 2 N–H and O–H groups in total. The summed E-state index contributed by atoms with van der Waals surface area (Å²) >= 11 is 5.37. The van der Waals surface area contributed by atoms with Crippen molar-refractivity contribution in [1.82, 2.24) is 4.90 Å². The minimum Gasteiger partial charge on any atom is -0.377 e. The molecule has 2 rings (SSSR count). The molecule has 0 aliphatic carbocycles. The van der Waals surface area contributed by atoms with Crippen LogP contribution in [0.3, 0.4) is 0 Å². The van der Waals surface area contributed by atoms with Crippen LogP contribution in [0.1, 0.15) is 44.0 Å². The molecule has 1 aliphatic rings. The van der Waals surface area contributed by atoms with Crippen molar-refractivity contribution in [2.75, 3.05) is 19.7 Å². The predicted molar refractivity (Wildman–Crippen MR) is 89.2 cm³/mol. The smallest absolute Gasteiger partial charge is 0.0702 e. The van der Waals surface area contributed by atoms with Crippen molar-refractivity contribution >= 4 is 27.3 Å². The van der Waals surface area contributed by atoms with E-state index in [2.05, 4.69) is 46.8 Å². The van der Waals surface area contributed by atoms with Crippen molar-refractivity contribution < 1.29 is 4.74 Å². The van der Waals surface area contributed by atoms with Crippen molar-refractivity contribution in [1.29, 1.82) is 0 Å². The lowest BCUT2D eigenvalue weighted by molar-refractivity contribution is -0.0110. The summed E-state index contributed by atoms with van der Waals surface area (Å²) in [6, 6.07) is 4.83. The Morgan fingerprint density at radius 3 is 2.90 bits per heavy atom. The monoisotopic (exact) mass is 360 g/mol. The largest absolute Gasteiger partial charge is 0.377 e. The number of rotatable bonds is 6. The van der Waals surface area contributed by atoms with Gasteiger partial charge in [0, 0.05) is 24.1 Å². The summed E-state index contributed by atoms with van der Waals surface area (Å²) in [4.78, 5) is 3.89. The SMILES string of the molecule is CCOC1CCCN(C(c2ccc(Br)s2)C(N)CC)C1. The Labute approximate surface area is 134 Å². The van der Waals surface area contributed by atoms with Crippen LogP contribution >= 0.6 is 27.3 Å². The molecular weight excluding hydrogens is 336 g/mol. The zero-order chi connectivity index (χ0) is 14.5. The Morgan fingerprint density at radius 2 is 2.30 bits per heavy atom. The highest BCUT2D eigenvalue weighted by Gasteiger charge is 2.31. The number of nitrogens with zero attached hydrogens (tertiary/aromatic N) is 1. The van der Waals surface area contributed by atoms with Crippen LogP contribution in [0.15, 0.2) is 15.9 Å². The molecule has 0 bridgehead atoms. The standard InChI is InChI=1S/C15H25BrN2OS/c1-3-12(17)15(13-7-8-14(16)20-13)18-9-5-6-11(10-18)19-4-2/h7-8,11-12,15H,3-6,9-10,17H2,1-2H3. The first-order chi connectivity index (χ1) is 9.65. The lowest BCUT2D eigenvalue weighted by atomic mass is 9.98. The zero-order valence-corrected chi connectivity index (χ0v) is 14.8. The number of hydrogen-bond acceptors (Lipinski definition) is 4. The van der Waals surface area contributed by atoms with Gasteiger partial charge in [0.15, 0.2) is 0 Å². The maximum Gasteiger partial charge on any atom is 0.0702 e. The van der Waals surface area contributed by atoms with Gasteiger partial charge in [-0.1, -0.05) is 6.92 Å². The molecule has 1 fully saturated rings. The van der Waals surface area contributed by atoms with Crippen molar-refractivity contribution in [3.8, 4) is 0 Å². The molecule has 5 heteroatoms. The average molecular weight is 361 g/mol. The van der Waals surface area contributed by atoms with E-state index in [1.54, 1.807) is 11.3 Å². The van der Waals surface area contributed by atoms with Gasteiger partial charge >= 0.3 is 0 Å². The summed E-state index contributed by atoms with van der Waals surface area (Å²) < 4.78 is 7.01. The Kier molecular flexibility index (Phi) is 6.49. The molecule has 1 aromatic heterocycles. The Morgan fingerprint density at radius 1 is 1.50 bits per heavy atom. The second kappa shape index (κ2) is 7.90. The lowest BCUT2D eigenvalue weighted by Gasteiger charge is -2.40. The van der Waals surface area contributed by atoms with E-state index in [-0.39, 0.29) is 6.04 Å². The second-order valence-electron chi connectivity index (χ2n) is 5.37. The second-order valence-corrected chi connectivity index (χ2v) is 7.87. The van der Waals surface area contributed by atoms with Crippen molar-refractivity contribution in [2.45, 2.75) is 51.3 Å². The molecule has 1 aliphatic heterocycles. The van der Waals surface area contributed by atoms with E-state index in [1.165, 1.54) is 21.5 Å². The van der Waals surface area contributed by atoms with Gasteiger partial charge in [-0.2, -0.15) is 0 Å². The molecule has 2 heterocycles. The molecule has 0 amide bonds. The number of nitrogens with two attached hydrogens (primary N) is 1. The van der Waals surface area contributed by atoms with Gasteiger partial charge in [-0.05, 0) is 60.8 Å². The molecule has 0 aromatic carbocycles. The molecule has 3 nitrogen and oxygen atoms in total. The maximum absolute atomic E-state index is 6.42. The number of thiophene rings is 1. The first-order valence-electron chi connectivity index (χ1n) is 7.52. The molecule has 114 valence electrons. The summed E-state index contributed by atoms with van der Waals surface area (Å²) in [5, 5.41) is 0. The van der Waals surface area contributed by atoms with Gasteiger partial charge in [-0.25, -0.2) is 0 Å². The van der Waals surface area contributed by atoms with Crippen LogP contribution in [0.4, 0.5) is 0 Å². The van der Waals surface area contributed by atoms with Gasteiger partial charge in [-0.15, -0.1) is 11.3 Å². The highest BCUT2D eigenvalue weighted by atomic mass is 79.9. The first-order valence-corrected chi connectivity index (χ1v) is 9.13. The summed E-state index contributed by atoms with van der Waals surface area (Å²) in [7, 11) is 0. The number of halogens is 1. The van der Waals surface area contributed by atoms with Crippen LogP contribution in [0, 0.1) is 0 Å². The third kappa shape index (κ3) is 4.04. The van der Waals surface area contributed by atoms with Gasteiger partial charge in [0.25, 0.3) is 0 Å². The molecule has 3 atom stereocenters. The van der Waals surface area contributed by atoms with Crippen LogP contribution in [-0.4, -0.2) is 36.7 Å². The summed E-state index contributed by atoms with van der Waals surface area (Å²) in [6.07, 6.45) is 3.73. The van der Waals surface area contributed by atoms with Crippen LogP contribution < -0.4 is 5.73 Å². The fraction of sp³-hybridized carbons (Fsp3) is 0.733. The normalized spacial score (nSPS) is 23.7.